The summed E-state index contributed by atoms with van der Waals surface area (Å²) in [7, 11) is 0. The summed E-state index contributed by atoms with van der Waals surface area (Å²) in [5.74, 6) is 1.02. The van der Waals surface area contributed by atoms with Gasteiger partial charge >= 0.3 is 0 Å². The van der Waals surface area contributed by atoms with Crippen LogP contribution in [0.5, 0.6) is 0 Å². The van der Waals surface area contributed by atoms with Crippen molar-refractivity contribution < 1.29 is 9.63 Å². The van der Waals surface area contributed by atoms with Gasteiger partial charge in [0.2, 0.25) is 11.7 Å². The summed E-state index contributed by atoms with van der Waals surface area (Å²) >= 11 is 5.93. The average molecular weight is 265 g/mol. The molecule has 1 saturated carbocycles. The highest BCUT2D eigenvalue weighted by atomic mass is 35.5. The fourth-order valence-electron chi connectivity index (χ4n) is 2.36. The van der Waals surface area contributed by atoms with Crippen LogP contribution in [0.15, 0.2) is 28.8 Å². The number of nitrogens with zero attached hydrogens (tertiary/aromatic N) is 2. The van der Waals surface area contributed by atoms with E-state index in [2.05, 4.69) is 10.1 Å². The number of hydrogen-bond acceptors (Lipinski definition) is 4. The zero-order valence-electron chi connectivity index (χ0n) is 9.71. The molecule has 0 aliphatic heterocycles. The summed E-state index contributed by atoms with van der Waals surface area (Å²) in [5.41, 5.74) is 0.824. The molecule has 1 fully saturated rings. The van der Waals surface area contributed by atoms with Gasteiger partial charge in [0.15, 0.2) is 0 Å². The van der Waals surface area contributed by atoms with E-state index in [9.17, 15) is 5.11 Å². The summed E-state index contributed by atoms with van der Waals surface area (Å²) in [4.78, 5) is 4.36. The molecule has 2 atom stereocenters. The van der Waals surface area contributed by atoms with E-state index in [1.807, 2.05) is 12.1 Å². The number of halogens is 1. The Morgan fingerprint density at radius 1 is 1.33 bits per heavy atom. The first-order valence-corrected chi connectivity index (χ1v) is 6.39. The van der Waals surface area contributed by atoms with Crippen LogP contribution in [0.2, 0.25) is 5.02 Å². The molecule has 94 valence electrons. The van der Waals surface area contributed by atoms with Crippen LogP contribution in [0.25, 0.3) is 11.4 Å². The predicted octanol–water partition coefficient (Wildman–Crippen LogP) is 3.02. The lowest BCUT2D eigenvalue weighted by Gasteiger charge is -2.07. The van der Waals surface area contributed by atoms with E-state index in [1.54, 1.807) is 12.1 Å². The molecular weight excluding hydrogens is 252 g/mol. The van der Waals surface area contributed by atoms with E-state index in [-0.39, 0.29) is 12.0 Å². The van der Waals surface area contributed by atoms with E-state index in [0.717, 1.165) is 24.8 Å². The van der Waals surface area contributed by atoms with Gasteiger partial charge in [-0.25, -0.2) is 0 Å². The van der Waals surface area contributed by atoms with Crippen molar-refractivity contribution in [3.05, 3.63) is 35.2 Å². The molecule has 0 saturated heterocycles. The van der Waals surface area contributed by atoms with Crippen LogP contribution in [0.4, 0.5) is 0 Å². The third-order valence-corrected chi connectivity index (χ3v) is 3.56. The lowest BCUT2D eigenvalue weighted by molar-refractivity contribution is 0.148. The molecule has 1 aromatic heterocycles. The second-order valence-corrected chi connectivity index (χ2v) is 5.01. The lowest BCUT2D eigenvalue weighted by atomic mass is 10.1. The summed E-state index contributed by atoms with van der Waals surface area (Å²) in [6.45, 7) is 0. The van der Waals surface area contributed by atoms with Crippen LogP contribution in [0, 0.1) is 0 Å². The Labute approximate surface area is 110 Å². The third kappa shape index (κ3) is 2.13. The smallest absolute Gasteiger partial charge is 0.232 e. The first kappa shape index (κ1) is 11.7. The average Bonchev–Trinajstić information content (AvgIpc) is 2.97. The van der Waals surface area contributed by atoms with Gasteiger partial charge < -0.3 is 9.63 Å². The van der Waals surface area contributed by atoms with Gasteiger partial charge in [0.1, 0.15) is 0 Å². The molecular formula is C13H13ClN2O2. The Bertz CT molecular complexity index is 555. The van der Waals surface area contributed by atoms with Crippen molar-refractivity contribution in [2.24, 2.45) is 0 Å². The van der Waals surface area contributed by atoms with Crippen molar-refractivity contribution in [3.63, 3.8) is 0 Å². The van der Waals surface area contributed by atoms with Crippen molar-refractivity contribution in [1.29, 1.82) is 0 Å². The number of benzene rings is 1. The molecule has 1 heterocycles. The maximum absolute atomic E-state index is 9.82. The van der Waals surface area contributed by atoms with Crippen LogP contribution in [-0.2, 0) is 0 Å². The van der Waals surface area contributed by atoms with Crippen LogP contribution < -0.4 is 0 Å². The van der Waals surface area contributed by atoms with Crippen molar-refractivity contribution >= 4 is 11.6 Å². The van der Waals surface area contributed by atoms with E-state index in [1.165, 1.54) is 0 Å². The molecule has 4 nitrogen and oxygen atoms in total. The van der Waals surface area contributed by atoms with E-state index in [4.69, 9.17) is 16.1 Å². The minimum atomic E-state index is -0.363. The topological polar surface area (TPSA) is 59.2 Å². The fraction of sp³-hybridized carbons (Fsp3) is 0.385. The number of rotatable bonds is 2. The first-order valence-electron chi connectivity index (χ1n) is 6.01. The predicted molar refractivity (Wildman–Crippen MR) is 67.3 cm³/mol. The second kappa shape index (κ2) is 4.71. The van der Waals surface area contributed by atoms with E-state index in [0.29, 0.717) is 16.7 Å². The highest BCUT2D eigenvalue weighted by molar-refractivity contribution is 6.30. The Balaban J connectivity index is 1.89. The van der Waals surface area contributed by atoms with Gasteiger partial charge in [-0.15, -0.1) is 0 Å². The van der Waals surface area contributed by atoms with Gasteiger partial charge in [-0.05, 0) is 31.4 Å². The Hall–Kier alpha value is -1.39. The van der Waals surface area contributed by atoms with Crippen molar-refractivity contribution in [2.45, 2.75) is 31.3 Å². The van der Waals surface area contributed by atoms with Gasteiger partial charge in [-0.1, -0.05) is 28.9 Å². The quantitative estimate of drug-likeness (QED) is 0.906. The van der Waals surface area contributed by atoms with E-state index >= 15 is 0 Å². The van der Waals surface area contributed by atoms with Crippen LogP contribution >= 0.6 is 11.6 Å². The minimum Gasteiger partial charge on any atom is -0.392 e. The van der Waals surface area contributed by atoms with Crippen LogP contribution in [0.3, 0.4) is 0 Å². The zero-order chi connectivity index (χ0) is 12.5. The third-order valence-electron chi connectivity index (χ3n) is 3.32. The molecule has 3 rings (SSSR count). The molecule has 0 amide bonds. The summed E-state index contributed by atoms with van der Waals surface area (Å²) in [6.07, 6.45) is 2.34. The monoisotopic (exact) mass is 264 g/mol. The number of aromatic nitrogens is 2. The standard InChI is InChI=1S/C13H13ClN2O2/c14-9-4-1-3-8(7-9)12-15-13(18-16-12)10-5-2-6-11(10)17/h1,3-4,7,10-11,17H,2,5-6H2. The molecule has 0 bridgehead atoms. The van der Waals surface area contributed by atoms with Gasteiger partial charge in [-0.3, -0.25) is 0 Å². The van der Waals surface area contributed by atoms with Gasteiger partial charge in [0.05, 0.1) is 12.0 Å². The minimum absolute atomic E-state index is 0.0227. The highest BCUT2D eigenvalue weighted by Gasteiger charge is 2.31. The Morgan fingerprint density at radius 2 is 2.22 bits per heavy atom. The summed E-state index contributed by atoms with van der Waals surface area (Å²) in [6, 6.07) is 7.32. The number of aliphatic hydroxyl groups excluding tert-OH is 1. The van der Waals surface area contributed by atoms with E-state index < -0.39 is 0 Å². The zero-order valence-corrected chi connectivity index (χ0v) is 10.5. The van der Waals surface area contributed by atoms with Gasteiger partial charge in [0.25, 0.3) is 0 Å². The molecule has 0 radical (unpaired) electrons. The number of hydrogen-bond donors (Lipinski definition) is 1. The van der Waals surface area contributed by atoms with Crippen LogP contribution in [0.1, 0.15) is 31.1 Å². The molecule has 2 aromatic rings. The van der Waals surface area contributed by atoms with Crippen molar-refractivity contribution in [3.8, 4) is 11.4 Å². The fourth-order valence-corrected chi connectivity index (χ4v) is 2.55. The molecule has 1 aliphatic carbocycles. The van der Waals surface area contributed by atoms with Crippen molar-refractivity contribution in [2.75, 3.05) is 0 Å². The summed E-state index contributed by atoms with van der Waals surface area (Å²) in [5, 5.41) is 14.4. The van der Waals surface area contributed by atoms with Gasteiger partial charge in [0, 0.05) is 10.6 Å². The van der Waals surface area contributed by atoms with Gasteiger partial charge in [-0.2, -0.15) is 4.98 Å². The second-order valence-electron chi connectivity index (χ2n) is 4.57. The molecule has 18 heavy (non-hydrogen) atoms. The summed E-state index contributed by atoms with van der Waals surface area (Å²) < 4.78 is 5.25. The maximum Gasteiger partial charge on any atom is 0.232 e. The molecule has 1 aliphatic rings. The maximum atomic E-state index is 9.82. The SMILES string of the molecule is OC1CCCC1c1nc(-c2cccc(Cl)c2)no1. The van der Waals surface area contributed by atoms with Crippen LogP contribution in [-0.4, -0.2) is 21.4 Å². The highest BCUT2D eigenvalue weighted by Crippen LogP contribution is 2.34. The molecule has 0 spiro atoms. The molecule has 5 heteroatoms. The normalized spacial score (nSPS) is 23.4. The Morgan fingerprint density at radius 3 is 2.94 bits per heavy atom. The molecule has 2 unspecified atom stereocenters. The molecule has 1 N–H and O–H groups in total. The first-order chi connectivity index (χ1) is 8.74. The number of aliphatic hydroxyl groups is 1. The van der Waals surface area contributed by atoms with Crippen molar-refractivity contribution in [1.82, 2.24) is 10.1 Å². The molecule has 1 aromatic carbocycles. The lowest BCUT2D eigenvalue weighted by Crippen LogP contribution is -2.11. The largest absolute Gasteiger partial charge is 0.392 e. The Kier molecular flexibility index (Phi) is 3.06.